The normalized spacial score (nSPS) is 11.8. The van der Waals surface area contributed by atoms with Crippen LogP contribution in [0.3, 0.4) is 0 Å². The molecule has 0 fully saturated rings. The third-order valence-corrected chi connectivity index (χ3v) is 4.73. The molecule has 0 aliphatic heterocycles. The fourth-order valence-corrected chi connectivity index (χ4v) is 3.26. The molecule has 0 unspecified atom stereocenters. The van der Waals surface area contributed by atoms with Crippen molar-refractivity contribution in [2.45, 2.75) is 11.4 Å². The maximum atomic E-state index is 11.6. The molecule has 3 aromatic carbocycles. The first-order chi connectivity index (χ1) is 11.8. The van der Waals surface area contributed by atoms with Crippen LogP contribution < -0.4 is 9.88 Å². The predicted octanol–water partition coefficient (Wildman–Crippen LogP) is 3.34. The summed E-state index contributed by atoms with van der Waals surface area (Å²) in [5.74, 6) is 1.33. The lowest BCUT2D eigenvalue weighted by atomic mass is 10.1. The van der Waals surface area contributed by atoms with Gasteiger partial charge in [-0.05, 0) is 43.7 Å². The second-order valence-electron chi connectivity index (χ2n) is 6.13. The average Bonchev–Trinajstić information content (AvgIpc) is 2.55. The number of nitrogens with zero attached hydrogens (tertiary/aromatic N) is 1. The Balaban J connectivity index is 2.06. The van der Waals surface area contributed by atoms with E-state index < -0.39 is 10.0 Å². The average molecular weight is 356 g/mol. The molecule has 0 aromatic heterocycles. The van der Waals surface area contributed by atoms with Crippen molar-refractivity contribution < 1.29 is 13.2 Å². The molecule has 25 heavy (non-hydrogen) atoms. The van der Waals surface area contributed by atoms with Gasteiger partial charge in [0.1, 0.15) is 11.5 Å². The number of hydrogen-bond donors (Lipinski definition) is 1. The predicted molar refractivity (Wildman–Crippen MR) is 99.2 cm³/mol. The smallest absolute Gasteiger partial charge is 0.238 e. The number of sulfonamides is 1. The highest BCUT2D eigenvalue weighted by molar-refractivity contribution is 7.89. The van der Waals surface area contributed by atoms with Crippen LogP contribution in [0.25, 0.3) is 10.8 Å². The molecule has 2 N–H and O–H groups in total. The minimum Gasteiger partial charge on any atom is -0.456 e. The van der Waals surface area contributed by atoms with Crippen LogP contribution in [0.5, 0.6) is 11.5 Å². The summed E-state index contributed by atoms with van der Waals surface area (Å²) >= 11 is 0. The topological polar surface area (TPSA) is 72.6 Å². The molecule has 0 spiro atoms. The Kier molecular flexibility index (Phi) is 4.76. The van der Waals surface area contributed by atoms with E-state index in [4.69, 9.17) is 9.88 Å². The van der Waals surface area contributed by atoms with Gasteiger partial charge in [-0.25, -0.2) is 13.6 Å². The second-order valence-corrected chi connectivity index (χ2v) is 7.69. The minimum atomic E-state index is -3.76. The SMILES string of the molecule is CN(C)Cc1cc(S(N)(=O)=O)ccc1Oc1cccc2ccccc12. The number of ether oxygens (including phenoxy) is 1. The molecule has 0 radical (unpaired) electrons. The lowest BCUT2D eigenvalue weighted by molar-refractivity contribution is 0.388. The fraction of sp³-hybridized carbons (Fsp3) is 0.158. The Morgan fingerprint density at radius 2 is 1.68 bits per heavy atom. The lowest BCUT2D eigenvalue weighted by Crippen LogP contribution is -2.15. The molecule has 0 saturated carbocycles. The monoisotopic (exact) mass is 356 g/mol. The summed E-state index contributed by atoms with van der Waals surface area (Å²) in [7, 11) is 0.0566. The van der Waals surface area contributed by atoms with Gasteiger partial charge in [0.15, 0.2) is 0 Å². The Labute approximate surface area is 147 Å². The number of nitrogens with two attached hydrogens (primary N) is 1. The molecule has 130 valence electrons. The van der Waals surface area contributed by atoms with Crippen LogP contribution in [0.2, 0.25) is 0 Å². The molecule has 3 rings (SSSR count). The number of rotatable bonds is 5. The number of benzene rings is 3. The van der Waals surface area contributed by atoms with Gasteiger partial charge < -0.3 is 9.64 Å². The standard InChI is InChI=1S/C19H20N2O3S/c1-21(2)13-15-12-16(25(20,22)23)10-11-18(15)24-19-9-5-7-14-6-3-4-8-17(14)19/h3-12H,13H2,1-2H3,(H2,20,22,23). The van der Waals surface area contributed by atoms with E-state index in [2.05, 4.69) is 0 Å². The van der Waals surface area contributed by atoms with Gasteiger partial charge in [0.2, 0.25) is 10.0 Å². The molecule has 3 aromatic rings. The number of primary sulfonamides is 1. The molecular weight excluding hydrogens is 336 g/mol. The van der Waals surface area contributed by atoms with Crippen molar-refractivity contribution in [2.24, 2.45) is 5.14 Å². The van der Waals surface area contributed by atoms with Gasteiger partial charge in [0.25, 0.3) is 0 Å². The van der Waals surface area contributed by atoms with E-state index in [-0.39, 0.29) is 4.90 Å². The second kappa shape index (κ2) is 6.84. The first-order valence-corrected chi connectivity index (χ1v) is 9.35. The van der Waals surface area contributed by atoms with Gasteiger partial charge in [-0.3, -0.25) is 0 Å². The van der Waals surface area contributed by atoms with Crippen molar-refractivity contribution in [2.75, 3.05) is 14.1 Å². The van der Waals surface area contributed by atoms with Gasteiger partial charge in [0, 0.05) is 17.5 Å². The van der Waals surface area contributed by atoms with Crippen molar-refractivity contribution in [3.8, 4) is 11.5 Å². The molecular formula is C19H20N2O3S. The van der Waals surface area contributed by atoms with Gasteiger partial charge >= 0.3 is 0 Å². The Hall–Kier alpha value is -2.41. The molecule has 6 heteroatoms. The quantitative estimate of drug-likeness (QED) is 0.761. The van der Waals surface area contributed by atoms with Crippen molar-refractivity contribution in [1.82, 2.24) is 4.90 Å². The van der Waals surface area contributed by atoms with E-state index >= 15 is 0 Å². The maximum absolute atomic E-state index is 11.6. The number of hydrogen-bond acceptors (Lipinski definition) is 4. The van der Waals surface area contributed by atoms with Crippen LogP contribution in [-0.4, -0.2) is 27.4 Å². The first kappa shape index (κ1) is 17.4. The molecule has 0 atom stereocenters. The van der Waals surface area contributed by atoms with Crippen molar-refractivity contribution in [3.63, 3.8) is 0 Å². The molecule has 0 aliphatic rings. The van der Waals surface area contributed by atoms with Crippen LogP contribution in [0.15, 0.2) is 65.6 Å². The first-order valence-electron chi connectivity index (χ1n) is 7.81. The summed E-state index contributed by atoms with van der Waals surface area (Å²) in [6.45, 7) is 0.531. The molecule has 0 bridgehead atoms. The van der Waals surface area contributed by atoms with Crippen LogP contribution in [0.4, 0.5) is 0 Å². The third kappa shape index (κ3) is 3.99. The van der Waals surface area contributed by atoms with E-state index in [0.717, 1.165) is 22.1 Å². The molecule has 0 aliphatic carbocycles. The zero-order chi connectivity index (χ0) is 18.0. The van der Waals surface area contributed by atoms with Crippen molar-refractivity contribution in [3.05, 3.63) is 66.2 Å². The van der Waals surface area contributed by atoms with Gasteiger partial charge in [-0.2, -0.15) is 0 Å². The molecule has 0 heterocycles. The van der Waals surface area contributed by atoms with Crippen molar-refractivity contribution in [1.29, 1.82) is 0 Å². The van der Waals surface area contributed by atoms with Crippen molar-refractivity contribution >= 4 is 20.8 Å². The number of fused-ring (bicyclic) bond motifs is 1. The molecule has 0 saturated heterocycles. The zero-order valence-corrected chi connectivity index (χ0v) is 15.0. The van der Waals surface area contributed by atoms with Gasteiger partial charge in [-0.15, -0.1) is 0 Å². The summed E-state index contributed by atoms with van der Waals surface area (Å²) in [5, 5.41) is 7.33. The molecule has 5 nitrogen and oxygen atoms in total. The Bertz CT molecular complexity index is 1010. The van der Waals surface area contributed by atoms with E-state index in [1.807, 2.05) is 61.5 Å². The highest BCUT2D eigenvalue weighted by atomic mass is 32.2. The van der Waals surface area contributed by atoms with Gasteiger partial charge in [0.05, 0.1) is 4.90 Å². The zero-order valence-electron chi connectivity index (χ0n) is 14.1. The van der Waals surface area contributed by atoms with E-state index in [9.17, 15) is 8.42 Å². The lowest BCUT2D eigenvalue weighted by Gasteiger charge is -2.17. The van der Waals surface area contributed by atoms with E-state index in [1.165, 1.54) is 6.07 Å². The summed E-state index contributed by atoms with van der Waals surface area (Å²) in [6, 6.07) is 18.5. The highest BCUT2D eigenvalue weighted by Gasteiger charge is 2.14. The third-order valence-electron chi connectivity index (χ3n) is 3.82. The van der Waals surface area contributed by atoms with E-state index in [0.29, 0.717) is 12.3 Å². The minimum absolute atomic E-state index is 0.0784. The van der Waals surface area contributed by atoms with Crippen LogP contribution in [0.1, 0.15) is 5.56 Å². The summed E-state index contributed by atoms with van der Waals surface area (Å²) in [4.78, 5) is 2.02. The van der Waals surface area contributed by atoms with E-state index in [1.54, 1.807) is 12.1 Å². The largest absolute Gasteiger partial charge is 0.456 e. The summed E-state index contributed by atoms with van der Waals surface area (Å²) in [5.41, 5.74) is 0.754. The summed E-state index contributed by atoms with van der Waals surface area (Å²) in [6.07, 6.45) is 0. The van der Waals surface area contributed by atoms with Crippen LogP contribution in [0, 0.1) is 0 Å². The highest BCUT2D eigenvalue weighted by Crippen LogP contribution is 2.33. The maximum Gasteiger partial charge on any atom is 0.238 e. The van der Waals surface area contributed by atoms with Gasteiger partial charge in [-0.1, -0.05) is 36.4 Å². The Morgan fingerprint density at radius 3 is 2.40 bits per heavy atom. The Morgan fingerprint density at radius 1 is 0.960 bits per heavy atom. The molecule has 0 amide bonds. The van der Waals surface area contributed by atoms with Crippen LogP contribution in [-0.2, 0) is 16.6 Å². The van der Waals surface area contributed by atoms with Crippen LogP contribution >= 0.6 is 0 Å². The fourth-order valence-electron chi connectivity index (χ4n) is 2.70. The summed E-state index contributed by atoms with van der Waals surface area (Å²) < 4.78 is 29.4.